The van der Waals surface area contributed by atoms with Crippen LogP contribution < -0.4 is 4.90 Å². The fourth-order valence-electron chi connectivity index (χ4n) is 2.88. The maximum Gasteiger partial charge on any atom is 0.129 e. The van der Waals surface area contributed by atoms with Crippen molar-refractivity contribution in [2.45, 2.75) is 20.0 Å². The minimum Gasteiger partial charge on any atom is -0.370 e. The van der Waals surface area contributed by atoms with Gasteiger partial charge in [-0.2, -0.15) is 5.26 Å². The number of hydrogen-bond acceptors (Lipinski definition) is 4. The Morgan fingerprint density at radius 3 is 2.70 bits per heavy atom. The first-order chi connectivity index (χ1) is 11.1. The van der Waals surface area contributed by atoms with Gasteiger partial charge in [-0.1, -0.05) is 23.7 Å². The van der Waals surface area contributed by atoms with Gasteiger partial charge >= 0.3 is 0 Å². The van der Waals surface area contributed by atoms with Gasteiger partial charge in [-0.05, 0) is 43.2 Å². The average molecular weight is 328 g/mol. The third-order valence-corrected chi connectivity index (χ3v) is 4.38. The Hall–Kier alpha value is -2.09. The smallest absolute Gasteiger partial charge is 0.129 e. The molecule has 1 fully saturated rings. The molecule has 0 amide bonds. The van der Waals surface area contributed by atoms with Crippen LogP contribution in [0.3, 0.4) is 0 Å². The predicted molar refractivity (Wildman–Crippen MR) is 90.8 cm³/mol. The van der Waals surface area contributed by atoms with Crippen LogP contribution in [0.15, 0.2) is 30.3 Å². The van der Waals surface area contributed by atoms with Crippen molar-refractivity contribution in [3.05, 3.63) is 57.7 Å². The summed E-state index contributed by atoms with van der Waals surface area (Å²) in [5.41, 5.74) is 3.51. The highest BCUT2D eigenvalue weighted by Crippen LogP contribution is 2.27. The lowest BCUT2D eigenvalue weighted by atomic mass is 10.1. The normalized spacial score (nSPS) is 17.8. The van der Waals surface area contributed by atoms with Gasteiger partial charge < -0.3 is 9.64 Å². The Balaban J connectivity index is 1.84. The largest absolute Gasteiger partial charge is 0.370 e. The van der Waals surface area contributed by atoms with Crippen LogP contribution in [-0.2, 0) is 4.74 Å². The lowest BCUT2D eigenvalue weighted by Crippen LogP contribution is -2.39. The molecule has 1 atom stereocenters. The summed E-state index contributed by atoms with van der Waals surface area (Å²) >= 11 is 5.95. The Morgan fingerprint density at radius 1 is 1.30 bits per heavy atom. The number of pyridine rings is 1. The first-order valence-electron chi connectivity index (χ1n) is 7.59. The lowest BCUT2D eigenvalue weighted by Gasteiger charge is -2.34. The molecule has 1 aromatic carbocycles. The molecule has 2 aromatic rings. The molecule has 1 saturated heterocycles. The molecule has 3 rings (SSSR count). The van der Waals surface area contributed by atoms with E-state index in [9.17, 15) is 5.26 Å². The number of ether oxygens (including phenoxy) is 1. The zero-order chi connectivity index (χ0) is 16.4. The molecule has 1 aliphatic heterocycles. The number of benzene rings is 1. The number of nitriles is 1. The predicted octanol–water partition coefficient (Wildman–Crippen LogP) is 3.80. The number of morpholine rings is 1. The SMILES string of the molecule is Cc1cc(N2CCOC(c3ccc(Cl)cc3)C2)nc(C)c1C#N. The second-order valence-corrected chi connectivity index (χ2v) is 6.16. The fraction of sp³-hybridized carbons (Fsp3) is 0.333. The zero-order valence-corrected chi connectivity index (χ0v) is 14.0. The lowest BCUT2D eigenvalue weighted by molar-refractivity contribution is 0.0395. The molecule has 0 bridgehead atoms. The van der Waals surface area contributed by atoms with Gasteiger partial charge in [-0.15, -0.1) is 0 Å². The van der Waals surface area contributed by atoms with Crippen molar-refractivity contribution in [2.75, 3.05) is 24.6 Å². The molecule has 5 heteroatoms. The number of nitrogens with zero attached hydrogens (tertiary/aromatic N) is 3. The van der Waals surface area contributed by atoms with Crippen molar-refractivity contribution in [3.8, 4) is 6.07 Å². The average Bonchev–Trinajstić information content (AvgIpc) is 2.55. The van der Waals surface area contributed by atoms with Gasteiger partial charge in [0, 0.05) is 18.1 Å². The second kappa shape index (κ2) is 6.57. The van der Waals surface area contributed by atoms with Gasteiger partial charge in [0.2, 0.25) is 0 Å². The zero-order valence-electron chi connectivity index (χ0n) is 13.2. The van der Waals surface area contributed by atoms with Gasteiger partial charge in [-0.3, -0.25) is 0 Å². The molecule has 1 aromatic heterocycles. The number of rotatable bonds is 2. The van der Waals surface area contributed by atoms with Gasteiger partial charge in [0.05, 0.1) is 17.9 Å². The van der Waals surface area contributed by atoms with Crippen molar-refractivity contribution >= 4 is 17.4 Å². The molecule has 1 aliphatic rings. The van der Waals surface area contributed by atoms with E-state index in [1.807, 2.05) is 44.2 Å². The van der Waals surface area contributed by atoms with Crippen molar-refractivity contribution in [1.29, 1.82) is 5.26 Å². The molecule has 23 heavy (non-hydrogen) atoms. The number of hydrogen-bond donors (Lipinski definition) is 0. The maximum atomic E-state index is 9.18. The first-order valence-corrected chi connectivity index (χ1v) is 7.96. The molecule has 0 radical (unpaired) electrons. The summed E-state index contributed by atoms with van der Waals surface area (Å²) in [6, 6.07) is 12.0. The van der Waals surface area contributed by atoms with Crippen LogP contribution in [0.4, 0.5) is 5.82 Å². The quantitative estimate of drug-likeness (QED) is 0.841. The molecule has 0 spiro atoms. The summed E-state index contributed by atoms with van der Waals surface area (Å²) in [5.74, 6) is 0.904. The Bertz CT molecular complexity index is 729. The van der Waals surface area contributed by atoms with E-state index in [4.69, 9.17) is 16.3 Å². The highest BCUT2D eigenvalue weighted by Gasteiger charge is 2.23. The van der Waals surface area contributed by atoms with Crippen molar-refractivity contribution in [3.63, 3.8) is 0 Å². The maximum absolute atomic E-state index is 9.18. The summed E-state index contributed by atoms with van der Waals surface area (Å²) < 4.78 is 5.90. The topological polar surface area (TPSA) is 49.1 Å². The summed E-state index contributed by atoms with van der Waals surface area (Å²) in [6.07, 6.45) is -0.000859. The minimum absolute atomic E-state index is 0.000859. The van der Waals surface area contributed by atoms with E-state index in [1.165, 1.54) is 0 Å². The molecule has 0 N–H and O–H groups in total. The molecule has 4 nitrogen and oxygen atoms in total. The van der Waals surface area contributed by atoms with E-state index in [0.717, 1.165) is 40.8 Å². The molecule has 2 heterocycles. The standard InChI is InChI=1S/C18H18ClN3O/c1-12-9-18(21-13(2)16(12)10-20)22-7-8-23-17(11-22)14-3-5-15(19)6-4-14/h3-6,9,17H,7-8,11H2,1-2H3. The molecular weight excluding hydrogens is 310 g/mol. The number of aryl methyl sites for hydroxylation is 2. The number of halogens is 1. The fourth-order valence-corrected chi connectivity index (χ4v) is 3.00. The van der Waals surface area contributed by atoms with E-state index in [-0.39, 0.29) is 6.10 Å². The van der Waals surface area contributed by atoms with E-state index < -0.39 is 0 Å². The molecule has 0 saturated carbocycles. The van der Waals surface area contributed by atoms with Gasteiger partial charge in [-0.25, -0.2) is 4.98 Å². The first kappa shape index (κ1) is 15.8. The van der Waals surface area contributed by atoms with Crippen molar-refractivity contribution < 1.29 is 4.74 Å². The third-order valence-electron chi connectivity index (χ3n) is 4.13. The number of anilines is 1. The number of aromatic nitrogens is 1. The van der Waals surface area contributed by atoms with E-state index >= 15 is 0 Å². The minimum atomic E-state index is -0.000859. The monoisotopic (exact) mass is 327 g/mol. The Labute approximate surface area is 141 Å². The van der Waals surface area contributed by atoms with Crippen LogP contribution in [0.25, 0.3) is 0 Å². The van der Waals surface area contributed by atoms with Crippen LogP contribution in [0.5, 0.6) is 0 Å². The van der Waals surface area contributed by atoms with Crippen LogP contribution in [0.2, 0.25) is 5.02 Å². The van der Waals surface area contributed by atoms with Gasteiger partial charge in [0.25, 0.3) is 0 Å². The highest BCUT2D eigenvalue weighted by atomic mass is 35.5. The third kappa shape index (κ3) is 3.31. The van der Waals surface area contributed by atoms with Crippen LogP contribution in [-0.4, -0.2) is 24.7 Å². The van der Waals surface area contributed by atoms with E-state index in [1.54, 1.807) is 0 Å². The second-order valence-electron chi connectivity index (χ2n) is 5.73. The van der Waals surface area contributed by atoms with Crippen LogP contribution in [0, 0.1) is 25.2 Å². The van der Waals surface area contributed by atoms with Gasteiger partial charge in [0.15, 0.2) is 0 Å². The van der Waals surface area contributed by atoms with Crippen LogP contribution >= 0.6 is 11.6 Å². The van der Waals surface area contributed by atoms with Crippen molar-refractivity contribution in [1.82, 2.24) is 4.98 Å². The summed E-state index contributed by atoms with van der Waals surface area (Å²) in [6.45, 7) is 6.01. The molecular formula is C18H18ClN3O. The van der Waals surface area contributed by atoms with E-state index in [0.29, 0.717) is 12.2 Å². The van der Waals surface area contributed by atoms with Crippen molar-refractivity contribution in [2.24, 2.45) is 0 Å². The van der Waals surface area contributed by atoms with E-state index in [2.05, 4.69) is 16.0 Å². The summed E-state index contributed by atoms with van der Waals surface area (Å²) in [7, 11) is 0. The van der Waals surface area contributed by atoms with Gasteiger partial charge in [0.1, 0.15) is 18.0 Å². The Morgan fingerprint density at radius 2 is 2.04 bits per heavy atom. The van der Waals surface area contributed by atoms with Crippen LogP contribution in [0.1, 0.15) is 28.5 Å². The summed E-state index contributed by atoms with van der Waals surface area (Å²) in [4.78, 5) is 6.81. The highest BCUT2D eigenvalue weighted by molar-refractivity contribution is 6.30. The molecule has 1 unspecified atom stereocenters. The molecule has 118 valence electrons. The summed E-state index contributed by atoms with van der Waals surface area (Å²) in [5, 5.41) is 9.90. The Kier molecular flexibility index (Phi) is 4.51. The molecule has 0 aliphatic carbocycles.